The van der Waals surface area contributed by atoms with Gasteiger partial charge in [-0.15, -0.1) is 0 Å². The second-order valence-electron chi connectivity index (χ2n) is 3.89. The number of carbonyl (C=O) groups excluding carboxylic acids is 1. The van der Waals surface area contributed by atoms with E-state index < -0.39 is 0 Å². The molecule has 1 amide bonds. The summed E-state index contributed by atoms with van der Waals surface area (Å²) in [7, 11) is 3.52. The number of rotatable bonds is 2. The zero-order valence-corrected chi connectivity index (χ0v) is 9.57. The van der Waals surface area contributed by atoms with Gasteiger partial charge in [-0.1, -0.05) is 18.2 Å². The Hall–Kier alpha value is -1.81. The number of benzene rings is 1. The summed E-state index contributed by atoms with van der Waals surface area (Å²) in [5, 5.41) is 2.57. The fraction of sp³-hybridized carbons (Fsp3) is 0.250. The minimum atomic E-state index is -0.223. The maximum Gasteiger partial charge on any atom is 0.301 e. The van der Waals surface area contributed by atoms with Crippen LogP contribution in [0.1, 0.15) is 16.1 Å². The number of hydrogen-bond acceptors (Lipinski definition) is 3. The van der Waals surface area contributed by atoms with E-state index in [0.717, 1.165) is 16.5 Å². The molecular formula is C12H14N2O2. The minimum absolute atomic E-state index is 0.223. The molecule has 16 heavy (non-hydrogen) atoms. The van der Waals surface area contributed by atoms with Crippen LogP contribution in [0.2, 0.25) is 0 Å². The van der Waals surface area contributed by atoms with Crippen molar-refractivity contribution in [2.75, 3.05) is 14.1 Å². The molecule has 0 saturated heterocycles. The molecule has 84 valence electrons. The van der Waals surface area contributed by atoms with Gasteiger partial charge < -0.3 is 4.42 Å². The molecule has 1 aromatic carbocycles. The lowest BCUT2D eigenvalue weighted by atomic mass is 10.1. The van der Waals surface area contributed by atoms with Crippen LogP contribution in [0.15, 0.2) is 28.7 Å². The molecule has 1 heterocycles. The largest absolute Gasteiger partial charge is 0.451 e. The van der Waals surface area contributed by atoms with Crippen LogP contribution in [0, 0.1) is 6.92 Å². The highest BCUT2D eigenvalue weighted by molar-refractivity contribution is 5.98. The summed E-state index contributed by atoms with van der Waals surface area (Å²) in [6.07, 6.45) is 0. The maximum atomic E-state index is 11.8. The first kappa shape index (κ1) is 10.7. The van der Waals surface area contributed by atoms with Crippen molar-refractivity contribution in [2.24, 2.45) is 0 Å². The fourth-order valence-corrected chi connectivity index (χ4v) is 1.64. The Kier molecular flexibility index (Phi) is 2.66. The van der Waals surface area contributed by atoms with Crippen LogP contribution in [0.5, 0.6) is 0 Å². The van der Waals surface area contributed by atoms with Crippen LogP contribution in [0.4, 0.5) is 0 Å². The fourth-order valence-electron chi connectivity index (χ4n) is 1.64. The van der Waals surface area contributed by atoms with Crippen LogP contribution < -0.4 is 5.43 Å². The van der Waals surface area contributed by atoms with E-state index >= 15 is 0 Å². The van der Waals surface area contributed by atoms with E-state index in [1.807, 2.05) is 31.2 Å². The van der Waals surface area contributed by atoms with Gasteiger partial charge in [0.1, 0.15) is 5.58 Å². The summed E-state index contributed by atoms with van der Waals surface area (Å²) in [6.45, 7) is 1.89. The van der Waals surface area contributed by atoms with E-state index in [0.29, 0.717) is 5.76 Å². The van der Waals surface area contributed by atoms with Crippen molar-refractivity contribution in [3.8, 4) is 0 Å². The zero-order chi connectivity index (χ0) is 11.7. The summed E-state index contributed by atoms with van der Waals surface area (Å²) in [4.78, 5) is 11.8. The SMILES string of the molecule is Cc1c(C(=O)NN(C)C)oc2ccccc12. The van der Waals surface area contributed by atoms with Crippen LogP contribution in [0.25, 0.3) is 11.0 Å². The number of para-hydroxylation sites is 1. The predicted octanol–water partition coefficient (Wildman–Crippen LogP) is 1.95. The second kappa shape index (κ2) is 3.98. The monoisotopic (exact) mass is 218 g/mol. The summed E-state index contributed by atoms with van der Waals surface area (Å²) in [5.41, 5.74) is 4.27. The number of nitrogens with zero attached hydrogens (tertiary/aromatic N) is 1. The molecule has 0 fully saturated rings. The van der Waals surface area contributed by atoms with E-state index in [4.69, 9.17) is 4.42 Å². The number of hydrogen-bond donors (Lipinski definition) is 1. The van der Waals surface area contributed by atoms with Crippen LogP contribution >= 0.6 is 0 Å². The van der Waals surface area contributed by atoms with Crippen molar-refractivity contribution >= 4 is 16.9 Å². The Morgan fingerprint density at radius 1 is 1.31 bits per heavy atom. The normalized spacial score (nSPS) is 11.0. The summed E-state index contributed by atoms with van der Waals surface area (Å²) >= 11 is 0. The highest BCUT2D eigenvalue weighted by atomic mass is 16.3. The standard InChI is InChI=1S/C12H14N2O2/c1-8-9-6-4-5-7-10(9)16-11(8)12(15)13-14(2)3/h4-7H,1-3H3,(H,13,15). The van der Waals surface area contributed by atoms with Gasteiger partial charge in [0.25, 0.3) is 0 Å². The van der Waals surface area contributed by atoms with Gasteiger partial charge in [0.15, 0.2) is 5.76 Å². The van der Waals surface area contributed by atoms with Gasteiger partial charge in [-0.2, -0.15) is 0 Å². The molecule has 0 aliphatic heterocycles. The molecule has 0 radical (unpaired) electrons. The number of amides is 1. The van der Waals surface area contributed by atoms with E-state index in [1.165, 1.54) is 0 Å². The number of nitrogens with one attached hydrogen (secondary N) is 1. The first-order valence-corrected chi connectivity index (χ1v) is 5.06. The van der Waals surface area contributed by atoms with Crippen molar-refractivity contribution < 1.29 is 9.21 Å². The van der Waals surface area contributed by atoms with Crippen molar-refractivity contribution in [2.45, 2.75) is 6.92 Å². The average molecular weight is 218 g/mol. The number of furan rings is 1. The third-order valence-corrected chi connectivity index (χ3v) is 2.38. The molecule has 0 atom stereocenters. The van der Waals surface area contributed by atoms with Gasteiger partial charge in [-0.3, -0.25) is 10.2 Å². The lowest BCUT2D eigenvalue weighted by Gasteiger charge is -2.10. The average Bonchev–Trinajstić information content (AvgIpc) is 2.56. The molecule has 0 bridgehead atoms. The van der Waals surface area contributed by atoms with E-state index in [9.17, 15) is 4.79 Å². The quantitative estimate of drug-likeness (QED) is 0.783. The molecule has 0 saturated carbocycles. The smallest absolute Gasteiger partial charge is 0.301 e. The van der Waals surface area contributed by atoms with Gasteiger partial charge in [0.05, 0.1) is 0 Å². The molecule has 0 aliphatic rings. The van der Waals surface area contributed by atoms with Gasteiger partial charge in [0.2, 0.25) is 0 Å². The first-order chi connectivity index (χ1) is 7.59. The highest BCUT2D eigenvalue weighted by Crippen LogP contribution is 2.24. The summed E-state index contributed by atoms with van der Waals surface area (Å²) in [5.74, 6) is 0.147. The van der Waals surface area contributed by atoms with E-state index in [-0.39, 0.29) is 5.91 Å². The molecule has 2 rings (SSSR count). The Bertz CT molecular complexity index is 529. The van der Waals surface area contributed by atoms with E-state index in [2.05, 4.69) is 5.43 Å². The van der Waals surface area contributed by atoms with Gasteiger partial charge in [-0.05, 0) is 13.0 Å². The number of hydrazine groups is 1. The lowest BCUT2D eigenvalue weighted by molar-refractivity contribution is 0.0829. The Morgan fingerprint density at radius 3 is 2.62 bits per heavy atom. The molecule has 4 heteroatoms. The molecule has 4 nitrogen and oxygen atoms in total. The Morgan fingerprint density at radius 2 is 2.00 bits per heavy atom. The third-order valence-electron chi connectivity index (χ3n) is 2.38. The summed E-state index contributed by atoms with van der Waals surface area (Å²) in [6, 6.07) is 7.62. The number of fused-ring (bicyclic) bond motifs is 1. The molecule has 1 N–H and O–H groups in total. The van der Waals surface area contributed by atoms with E-state index in [1.54, 1.807) is 19.1 Å². The number of carbonyl (C=O) groups is 1. The first-order valence-electron chi connectivity index (χ1n) is 5.06. The predicted molar refractivity (Wildman–Crippen MR) is 62.1 cm³/mol. The van der Waals surface area contributed by atoms with Crippen molar-refractivity contribution in [1.82, 2.24) is 10.4 Å². The van der Waals surface area contributed by atoms with Crippen LogP contribution in [0.3, 0.4) is 0 Å². The van der Waals surface area contributed by atoms with Crippen molar-refractivity contribution in [1.29, 1.82) is 0 Å². The highest BCUT2D eigenvalue weighted by Gasteiger charge is 2.17. The lowest BCUT2D eigenvalue weighted by Crippen LogP contribution is -2.36. The minimum Gasteiger partial charge on any atom is -0.451 e. The third kappa shape index (κ3) is 1.79. The Balaban J connectivity index is 2.45. The molecule has 0 aliphatic carbocycles. The molecule has 0 spiro atoms. The topological polar surface area (TPSA) is 45.5 Å². The van der Waals surface area contributed by atoms with Crippen molar-refractivity contribution in [3.05, 3.63) is 35.6 Å². The van der Waals surface area contributed by atoms with Gasteiger partial charge in [-0.25, -0.2) is 5.01 Å². The second-order valence-corrected chi connectivity index (χ2v) is 3.89. The number of aryl methyl sites for hydroxylation is 1. The van der Waals surface area contributed by atoms with Gasteiger partial charge >= 0.3 is 5.91 Å². The Labute approximate surface area is 93.8 Å². The van der Waals surface area contributed by atoms with Crippen LogP contribution in [-0.2, 0) is 0 Å². The van der Waals surface area contributed by atoms with Crippen LogP contribution in [-0.4, -0.2) is 25.0 Å². The van der Waals surface area contributed by atoms with Crippen molar-refractivity contribution in [3.63, 3.8) is 0 Å². The molecule has 0 unspecified atom stereocenters. The zero-order valence-electron chi connectivity index (χ0n) is 9.57. The van der Waals surface area contributed by atoms with Gasteiger partial charge in [0, 0.05) is 25.0 Å². The molecule has 2 aromatic rings. The molecule has 1 aromatic heterocycles. The summed E-state index contributed by atoms with van der Waals surface area (Å²) < 4.78 is 5.52. The maximum absolute atomic E-state index is 11.8. The molecular weight excluding hydrogens is 204 g/mol.